The molecular formula is C24H28NO5+. The van der Waals surface area contributed by atoms with E-state index >= 15 is 0 Å². The molecule has 3 aromatic rings. The van der Waals surface area contributed by atoms with E-state index in [2.05, 4.69) is 6.92 Å². The third-order valence-electron chi connectivity index (χ3n) is 6.20. The molecule has 2 heterocycles. The van der Waals surface area contributed by atoms with Crippen LogP contribution >= 0.6 is 0 Å². The zero-order valence-electron chi connectivity index (χ0n) is 17.7. The highest BCUT2D eigenvalue weighted by Gasteiger charge is 2.25. The van der Waals surface area contributed by atoms with Crippen LogP contribution in [0.3, 0.4) is 0 Å². The molecule has 2 atom stereocenters. The summed E-state index contributed by atoms with van der Waals surface area (Å²) in [6, 6.07) is 9.09. The standard InChI is InChI=1S/C24H27NO5/c1-15-6-4-5-11-25(15)13-18-20(26)9-8-17-23(27)19(14-30-24(17)18)16-7-10-21(28-2)22(12-16)29-3/h7-10,12,14-15,26H,4-6,11,13H2,1-3H3/p+1/t15-/m0/s1. The fourth-order valence-corrected chi connectivity index (χ4v) is 4.36. The zero-order chi connectivity index (χ0) is 21.3. The Hall–Kier alpha value is -2.99. The van der Waals surface area contributed by atoms with E-state index in [9.17, 15) is 9.90 Å². The van der Waals surface area contributed by atoms with Crippen LogP contribution in [0.4, 0.5) is 0 Å². The third-order valence-corrected chi connectivity index (χ3v) is 6.20. The molecule has 0 aliphatic carbocycles. The van der Waals surface area contributed by atoms with Gasteiger partial charge < -0.3 is 23.9 Å². The molecule has 1 unspecified atom stereocenters. The zero-order valence-corrected chi connectivity index (χ0v) is 17.7. The Morgan fingerprint density at radius 1 is 1.13 bits per heavy atom. The summed E-state index contributed by atoms with van der Waals surface area (Å²) in [5.41, 5.74) is 2.17. The number of hydrogen-bond donors (Lipinski definition) is 2. The number of ether oxygens (including phenoxy) is 2. The second-order valence-electron chi connectivity index (χ2n) is 7.97. The Morgan fingerprint density at radius 2 is 1.93 bits per heavy atom. The number of phenolic OH excluding ortho intramolecular Hbond substituents is 1. The van der Waals surface area contributed by atoms with Gasteiger partial charge in [0.25, 0.3) is 0 Å². The van der Waals surface area contributed by atoms with Crippen molar-refractivity contribution in [3.8, 4) is 28.4 Å². The maximum atomic E-state index is 13.3. The van der Waals surface area contributed by atoms with Crippen LogP contribution < -0.4 is 19.8 Å². The second-order valence-corrected chi connectivity index (χ2v) is 7.97. The van der Waals surface area contributed by atoms with Crippen molar-refractivity contribution in [2.24, 2.45) is 0 Å². The van der Waals surface area contributed by atoms with Crippen LogP contribution in [0.5, 0.6) is 17.2 Å². The molecule has 6 nitrogen and oxygen atoms in total. The molecule has 0 radical (unpaired) electrons. The summed E-state index contributed by atoms with van der Waals surface area (Å²) in [6.45, 7) is 3.94. The molecule has 6 heteroatoms. The molecule has 4 rings (SSSR count). The Balaban J connectivity index is 1.79. The number of likely N-dealkylation sites (tertiary alicyclic amines) is 1. The maximum Gasteiger partial charge on any atom is 0.200 e. The van der Waals surface area contributed by atoms with Crippen molar-refractivity contribution >= 4 is 11.0 Å². The number of methoxy groups -OCH3 is 2. The van der Waals surface area contributed by atoms with Gasteiger partial charge in [0.05, 0.1) is 43.3 Å². The van der Waals surface area contributed by atoms with E-state index in [0.717, 1.165) is 6.54 Å². The van der Waals surface area contributed by atoms with Crippen LogP contribution in [0.2, 0.25) is 0 Å². The lowest BCUT2D eigenvalue weighted by Crippen LogP contribution is -3.14. The highest BCUT2D eigenvalue weighted by molar-refractivity contribution is 5.85. The highest BCUT2D eigenvalue weighted by atomic mass is 16.5. The molecule has 0 amide bonds. The minimum Gasteiger partial charge on any atom is -0.507 e. The fourth-order valence-electron chi connectivity index (χ4n) is 4.36. The Labute approximate surface area is 175 Å². The van der Waals surface area contributed by atoms with Crippen LogP contribution in [0, 0.1) is 0 Å². The van der Waals surface area contributed by atoms with Crippen LogP contribution in [0.25, 0.3) is 22.1 Å². The molecule has 2 N–H and O–H groups in total. The van der Waals surface area contributed by atoms with Crippen molar-refractivity contribution in [2.75, 3.05) is 20.8 Å². The normalized spacial score (nSPS) is 19.0. The topological polar surface area (TPSA) is 73.3 Å². The average Bonchev–Trinajstić information content (AvgIpc) is 2.76. The summed E-state index contributed by atoms with van der Waals surface area (Å²) in [5, 5.41) is 11.0. The minimum absolute atomic E-state index is 0.133. The van der Waals surface area contributed by atoms with Gasteiger partial charge in [0, 0.05) is 0 Å². The molecule has 30 heavy (non-hydrogen) atoms. The molecule has 2 aromatic carbocycles. The van der Waals surface area contributed by atoms with Crippen LogP contribution in [-0.4, -0.2) is 31.9 Å². The average molecular weight is 410 g/mol. The molecule has 0 spiro atoms. The van der Waals surface area contributed by atoms with Gasteiger partial charge in [-0.2, -0.15) is 0 Å². The van der Waals surface area contributed by atoms with Gasteiger partial charge in [-0.05, 0) is 56.0 Å². The first kappa shape index (κ1) is 20.3. The Morgan fingerprint density at radius 3 is 2.67 bits per heavy atom. The van der Waals surface area contributed by atoms with Gasteiger partial charge >= 0.3 is 0 Å². The number of benzene rings is 2. The number of hydrogen-bond acceptors (Lipinski definition) is 5. The first-order valence-electron chi connectivity index (χ1n) is 10.4. The molecule has 0 bridgehead atoms. The summed E-state index contributed by atoms with van der Waals surface area (Å²) >= 11 is 0. The van der Waals surface area contributed by atoms with E-state index in [1.165, 1.54) is 30.4 Å². The maximum absolute atomic E-state index is 13.3. The molecule has 158 valence electrons. The van der Waals surface area contributed by atoms with Crippen LogP contribution in [0.1, 0.15) is 31.7 Å². The quantitative estimate of drug-likeness (QED) is 0.676. The molecule has 1 aromatic heterocycles. The fraction of sp³-hybridized carbons (Fsp3) is 0.375. The number of quaternary nitrogens is 1. The van der Waals surface area contributed by atoms with Crippen molar-refractivity contribution in [3.63, 3.8) is 0 Å². The molecule has 1 aliphatic heterocycles. The number of phenols is 1. The predicted molar refractivity (Wildman–Crippen MR) is 116 cm³/mol. The monoisotopic (exact) mass is 410 g/mol. The smallest absolute Gasteiger partial charge is 0.200 e. The molecular weight excluding hydrogens is 382 g/mol. The highest BCUT2D eigenvalue weighted by Crippen LogP contribution is 2.33. The summed E-state index contributed by atoms with van der Waals surface area (Å²) in [5.74, 6) is 1.32. The van der Waals surface area contributed by atoms with Gasteiger partial charge in [-0.3, -0.25) is 4.79 Å². The van der Waals surface area contributed by atoms with Gasteiger partial charge in [-0.25, -0.2) is 0 Å². The number of aromatic hydroxyl groups is 1. The summed E-state index contributed by atoms with van der Waals surface area (Å²) < 4.78 is 16.6. The van der Waals surface area contributed by atoms with Crippen molar-refractivity contribution < 1.29 is 23.9 Å². The van der Waals surface area contributed by atoms with Crippen LogP contribution in [0.15, 0.2) is 45.8 Å². The number of piperidine rings is 1. The van der Waals surface area contributed by atoms with Crippen molar-refractivity contribution in [1.29, 1.82) is 0 Å². The molecule has 1 saturated heterocycles. The van der Waals surface area contributed by atoms with Gasteiger partial charge in [-0.15, -0.1) is 0 Å². The van der Waals surface area contributed by atoms with E-state index in [4.69, 9.17) is 13.9 Å². The molecule has 1 aliphatic rings. The van der Waals surface area contributed by atoms with Crippen molar-refractivity contribution in [2.45, 2.75) is 38.8 Å². The van der Waals surface area contributed by atoms with E-state index in [-0.39, 0.29) is 11.2 Å². The lowest BCUT2D eigenvalue weighted by Gasteiger charge is -2.30. The van der Waals surface area contributed by atoms with E-state index in [0.29, 0.717) is 51.7 Å². The van der Waals surface area contributed by atoms with Gasteiger partial charge in [0.2, 0.25) is 5.43 Å². The summed E-state index contributed by atoms with van der Waals surface area (Å²) in [7, 11) is 3.13. The first-order chi connectivity index (χ1) is 14.5. The SMILES string of the molecule is COc1ccc(-c2coc3c(C[NH+]4CCCC[C@@H]4C)c(O)ccc3c2=O)cc1OC. The van der Waals surface area contributed by atoms with Crippen LogP contribution in [-0.2, 0) is 6.54 Å². The van der Waals surface area contributed by atoms with Crippen molar-refractivity contribution in [3.05, 3.63) is 52.4 Å². The number of rotatable bonds is 5. The first-order valence-corrected chi connectivity index (χ1v) is 10.4. The lowest BCUT2D eigenvalue weighted by molar-refractivity contribution is -0.941. The third kappa shape index (κ3) is 3.63. The van der Waals surface area contributed by atoms with E-state index in [1.54, 1.807) is 44.6 Å². The largest absolute Gasteiger partial charge is 0.507 e. The molecule has 1 fully saturated rings. The second kappa shape index (κ2) is 8.40. The van der Waals surface area contributed by atoms with Gasteiger partial charge in [-0.1, -0.05) is 6.07 Å². The lowest BCUT2D eigenvalue weighted by atomic mass is 10.0. The Bertz CT molecular complexity index is 1120. The Kier molecular flexibility index (Phi) is 5.68. The summed E-state index contributed by atoms with van der Waals surface area (Å²) in [6.07, 6.45) is 5.08. The molecule has 0 saturated carbocycles. The van der Waals surface area contributed by atoms with E-state index < -0.39 is 0 Å². The van der Waals surface area contributed by atoms with E-state index in [1.807, 2.05) is 0 Å². The number of fused-ring (bicyclic) bond motifs is 1. The van der Waals surface area contributed by atoms with Gasteiger partial charge in [0.1, 0.15) is 24.1 Å². The minimum atomic E-state index is -0.133. The van der Waals surface area contributed by atoms with Gasteiger partial charge in [0.15, 0.2) is 11.5 Å². The van der Waals surface area contributed by atoms with Crippen molar-refractivity contribution in [1.82, 2.24) is 0 Å². The number of nitrogens with one attached hydrogen (secondary N) is 1. The predicted octanol–water partition coefficient (Wildman–Crippen LogP) is 3.14. The summed E-state index contributed by atoms with van der Waals surface area (Å²) in [4.78, 5) is 14.7.